The Kier molecular flexibility index (Phi) is 9.96. The quantitative estimate of drug-likeness (QED) is 0.242. The molecule has 2 saturated heterocycles. The van der Waals surface area contributed by atoms with Crippen molar-refractivity contribution in [1.82, 2.24) is 9.55 Å². The highest BCUT2D eigenvalue weighted by atomic mass is 32.2. The van der Waals surface area contributed by atoms with Gasteiger partial charge in [-0.05, 0) is 72.6 Å². The molecule has 0 radical (unpaired) electrons. The fourth-order valence-electron chi connectivity index (χ4n) is 7.64. The van der Waals surface area contributed by atoms with Gasteiger partial charge in [-0.2, -0.15) is 0 Å². The highest BCUT2D eigenvalue weighted by Crippen LogP contribution is 2.63. The molecule has 3 heterocycles. The summed E-state index contributed by atoms with van der Waals surface area (Å²) in [5, 5.41) is -0.669. The normalized spacial score (nSPS) is 28.7. The van der Waals surface area contributed by atoms with Gasteiger partial charge in [0.25, 0.3) is 5.56 Å². The van der Waals surface area contributed by atoms with Crippen LogP contribution in [0.2, 0.25) is 22.2 Å². The van der Waals surface area contributed by atoms with Crippen LogP contribution in [0.5, 0.6) is 5.75 Å². The van der Waals surface area contributed by atoms with E-state index in [0.29, 0.717) is 16.9 Å². The average Bonchev–Trinajstić information content (AvgIpc) is 3.51. The van der Waals surface area contributed by atoms with Crippen LogP contribution in [0.3, 0.4) is 0 Å². The lowest BCUT2D eigenvalue weighted by Gasteiger charge is -2.55. The van der Waals surface area contributed by atoms with Crippen molar-refractivity contribution < 1.29 is 27.2 Å². The van der Waals surface area contributed by atoms with Crippen molar-refractivity contribution in [2.45, 2.75) is 132 Å². The summed E-state index contributed by atoms with van der Waals surface area (Å²) in [6.45, 7) is 19.2. The highest BCUT2D eigenvalue weighted by Gasteiger charge is 2.70. The number of H-pyrrole nitrogens is 1. The number of benzene rings is 1. The zero-order valence-electron chi connectivity index (χ0n) is 28.7. The van der Waals surface area contributed by atoms with Crippen molar-refractivity contribution in [3.05, 3.63) is 62.4 Å². The second kappa shape index (κ2) is 13.0. The number of rotatable bonds is 8. The van der Waals surface area contributed by atoms with Crippen LogP contribution in [-0.4, -0.2) is 62.8 Å². The number of aryl methyl sites for hydroxylation is 1. The van der Waals surface area contributed by atoms with E-state index < -0.39 is 56.7 Å². The van der Waals surface area contributed by atoms with Crippen LogP contribution in [0.1, 0.15) is 95.9 Å². The number of carbonyl (C=O) groups excluding carboxylic acids is 1. The molecular weight excluding hydrogens is 641 g/mol. The lowest BCUT2D eigenvalue weighted by Crippen LogP contribution is -2.69. The molecule has 254 valence electrons. The number of carbonyl (C=O) groups is 1. The first-order valence-electron chi connectivity index (χ1n) is 16.5. The molecule has 46 heavy (non-hydrogen) atoms. The molecule has 1 aromatic carbocycles. The Hall–Kier alpha value is -2.17. The summed E-state index contributed by atoms with van der Waals surface area (Å²) in [6.07, 6.45) is 2.36. The van der Waals surface area contributed by atoms with Gasteiger partial charge >= 0.3 is 28.8 Å². The lowest BCUT2D eigenvalue weighted by atomic mass is 9.93. The molecule has 5 atom stereocenters. The number of nitrogens with zero attached hydrogens (tertiary/aromatic N) is 1. The van der Waals surface area contributed by atoms with E-state index in [1.54, 1.807) is 56.3 Å². The largest absolute Gasteiger partial charge is 0.497 e. The predicted molar refractivity (Wildman–Crippen MR) is 184 cm³/mol. The van der Waals surface area contributed by atoms with Crippen LogP contribution in [0, 0.1) is 6.92 Å². The Morgan fingerprint density at radius 1 is 0.978 bits per heavy atom. The first-order valence-corrected chi connectivity index (χ1v) is 21.3. The zero-order chi connectivity index (χ0) is 33.8. The average molecular weight is 691 g/mol. The Bertz CT molecular complexity index is 1530. The fraction of sp³-hybridized carbons (Fsp3) is 0.667. The van der Waals surface area contributed by atoms with Crippen molar-refractivity contribution in [2.24, 2.45) is 0 Å². The van der Waals surface area contributed by atoms with Crippen LogP contribution in [-0.2, 0) is 17.7 Å². The molecule has 1 aromatic heterocycles. The van der Waals surface area contributed by atoms with Crippen molar-refractivity contribution in [2.75, 3.05) is 7.11 Å². The topological polar surface area (TPSA) is 118 Å². The molecule has 13 heteroatoms. The maximum absolute atomic E-state index is 13.9. The summed E-state index contributed by atoms with van der Waals surface area (Å²) in [5.41, 5.74) is 0.230. The molecule has 10 nitrogen and oxygen atoms in total. The van der Waals surface area contributed by atoms with E-state index in [2.05, 4.69) is 60.4 Å². The van der Waals surface area contributed by atoms with Gasteiger partial charge in [-0.15, -0.1) is 11.8 Å². The Morgan fingerprint density at radius 2 is 1.57 bits per heavy atom. The molecule has 0 bridgehead atoms. The summed E-state index contributed by atoms with van der Waals surface area (Å²) in [7, 11) is -4.43. The van der Waals surface area contributed by atoms with Crippen LogP contribution in [0.25, 0.3) is 0 Å². The molecule has 2 aromatic rings. The third kappa shape index (κ3) is 5.78. The summed E-state index contributed by atoms with van der Waals surface area (Å²) in [4.78, 5) is 42.3. The van der Waals surface area contributed by atoms with Crippen molar-refractivity contribution in [3.63, 3.8) is 0 Å². The number of ether oxygens (including phenoxy) is 2. The SMILES string of the molecule is COc1ccc(C(=O)O[C@H]2[C@H](n3cc(C)c(=O)[nH]c3=O)SC34CCC[C@@H]3O[Si](C(C)C)(C(C)C)O[Si](C(C)C)(C(C)C)O[C@@H]24)cc1. The third-order valence-corrected chi connectivity index (χ3v) is 22.3. The van der Waals surface area contributed by atoms with E-state index in [1.807, 2.05) is 0 Å². The number of aromatic amines is 1. The molecule has 1 aliphatic carbocycles. The summed E-state index contributed by atoms with van der Waals surface area (Å²) in [6, 6.07) is 6.77. The van der Waals surface area contributed by atoms with Crippen LogP contribution >= 0.6 is 11.8 Å². The first kappa shape index (κ1) is 35.1. The molecular formula is C33H50N2O8SSi2. The summed E-state index contributed by atoms with van der Waals surface area (Å²) >= 11 is 1.60. The van der Waals surface area contributed by atoms with Gasteiger partial charge in [0.2, 0.25) is 0 Å². The first-order chi connectivity index (χ1) is 21.6. The Balaban J connectivity index is 1.72. The molecule has 3 fully saturated rings. The van der Waals surface area contributed by atoms with E-state index >= 15 is 0 Å². The summed E-state index contributed by atoms with van der Waals surface area (Å²) in [5.74, 6) is 0.0973. The second-order valence-electron chi connectivity index (χ2n) is 14.2. The van der Waals surface area contributed by atoms with Crippen LogP contribution < -0.4 is 16.0 Å². The Labute approximate surface area is 278 Å². The monoisotopic (exact) mass is 690 g/mol. The molecule has 1 N–H and O–H groups in total. The number of esters is 1. The minimum absolute atomic E-state index is 0.0653. The number of hydrogen-bond donors (Lipinski definition) is 1. The maximum atomic E-state index is 13.9. The minimum Gasteiger partial charge on any atom is -0.497 e. The zero-order valence-corrected chi connectivity index (χ0v) is 31.6. The third-order valence-electron chi connectivity index (χ3n) is 10.1. The van der Waals surface area contributed by atoms with Crippen molar-refractivity contribution >= 4 is 34.9 Å². The fourth-order valence-corrected chi connectivity index (χ4v) is 21.2. The van der Waals surface area contributed by atoms with Gasteiger partial charge in [0.15, 0.2) is 6.10 Å². The minimum atomic E-state index is -3.11. The standard InChI is InChI=1S/C33H50N2O8SSi2/c1-19(2)45(20(3)4)41-26-12-11-17-33(26)28(42-46(43-45,21(5)6)22(7)8)27(40-31(37)24-13-15-25(39-10)16-14-24)30(44-33)35-18-23(9)29(36)34-32(35)38/h13-16,18-22,26-28,30H,11-12,17H2,1-10H3,(H,34,36,38)/t26-,27+,28-,30+,33?/m0/s1. The van der Waals surface area contributed by atoms with Gasteiger partial charge in [0.1, 0.15) is 17.2 Å². The number of thioether (sulfide) groups is 1. The van der Waals surface area contributed by atoms with Crippen LogP contribution in [0.15, 0.2) is 40.1 Å². The predicted octanol–water partition coefficient (Wildman–Crippen LogP) is 6.57. The van der Waals surface area contributed by atoms with E-state index in [1.165, 1.54) is 4.57 Å². The highest BCUT2D eigenvalue weighted by molar-refractivity contribution is 8.01. The van der Waals surface area contributed by atoms with Gasteiger partial charge < -0.3 is 22.4 Å². The molecule has 1 saturated carbocycles. The number of nitrogens with one attached hydrogen (secondary N) is 1. The molecule has 3 aliphatic rings. The maximum Gasteiger partial charge on any atom is 0.338 e. The number of aromatic nitrogens is 2. The molecule has 1 unspecified atom stereocenters. The van der Waals surface area contributed by atoms with Gasteiger partial charge in [-0.25, -0.2) is 9.59 Å². The smallest absolute Gasteiger partial charge is 0.338 e. The molecule has 1 spiro atoms. The summed E-state index contributed by atoms with van der Waals surface area (Å²) < 4.78 is 35.3. The number of methoxy groups -OCH3 is 1. The van der Waals surface area contributed by atoms with E-state index in [4.69, 9.17) is 22.4 Å². The van der Waals surface area contributed by atoms with Crippen molar-refractivity contribution in [1.29, 1.82) is 0 Å². The second-order valence-corrected chi connectivity index (χ2v) is 24.5. The molecule has 0 amide bonds. The van der Waals surface area contributed by atoms with Crippen LogP contribution in [0.4, 0.5) is 0 Å². The van der Waals surface area contributed by atoms with Gasteiger partial charge in [0, 0.05) is 11.8 Å². The van der Waals surface area contributed by atoms with E-state index in [0.717, 1.165) is 19.3 Å². The van der Waals surface area contributed by atoms with Crippen molar-refractivity contribution in [3.8, 4) is 5.75 Å². The number of hydrogen-bond acceptors (Lipinski definition) is 9. The van der Waals surface area contributed by atoms with Gasteiger partial charge in [-0.1, -0.05) is 55.4 Å². The van der Waals surface area contributed by atoms with E-state index in [-0.39, 0.29) is 28.3 Å². The van der Waals surface area contributed by atoms with E-state index in [9.17, 15) is 14.4 Å². The Morgan fingerprint density at radius 3 is 2.13 bits per heavy atom. The molecule has 5 rings (SSSR count). The van der Waals surface area contributed by atoms with Gasteiger partial charge in [-0.3, -0.25) is 14.3 Å². The molecule has 2 aliphatic heterocycles. The lowest BCUT2D eigenvalue weighted by molar-refractivity contribution is -0.0591. The van der Waals surface area contributed by atoms with Gasteiger partial charge in [0.05, 0.1) is 23.5 Å².